The van der Waals surface area contributed by atoms with E-state index >= 15 is 0 Å². The van der Waals surface area contributed by atoms with Gasteiger partial charge in [-0.15, -0.1) is 0 Å². The van der Waals surface area contributed by atoms with Crippen LogP contribution >= 0.6 is 0 Å². The van der Waals surface area contributed by atoms with Crippen molar-refractivity contribution < 1.29 is 14.3 Å². The Kier molecular flexibility index (Phi) is 5.11. The first-order valence-electron chi connectivity index (χ1n) is 8.57. The zero-order valence-corrected chi connectivity index (χ0v) is 15.3. The predicted octanol–water partition coefficient (Wildman–Crippen LogP) is 3.14. The molecule has 1 aliphatic rings. The number of hydrogen-bond donors (Lipinski definition) is 1. The van der Waals surface area contributed by atoms with E-state index in [0.29, 0.717) is 35.7 Å². The minimum Gasteiger partial charge on any atom is -0.495 e. The fourth-order valence-electron chi connectivity index (χ4n) is 3.01. The van der Waals surface area contributed by atoms with Crippen LogP contribution in [0.2, 0.25) is 0 Å². The molecule has 1 N–H and O–H groups in total. The van der Waals surface area contributed by atoms with E-state index in [1.54, 1.807) is 36.3 Å². The molecule has 1 saturated heterocycles. The number of rotatable bonds is 5. The highest BCUT2D eigenvalue weighted by atomic mass is 16.5. The van der Waals surface area contributed by atoms with Crippen LogP contribution in [0.3, 0.4) is 0 Å². The summed E-state index contributed by atoms with van der Waals surface area (Å²) >= 11 is 0. The second-order valence-electron chi connectivity index (χ2n) is 6.43. The van der Waals surface area contributed by atoms with Crippen LogP contribution in [0.4, 0.5) is 17.1 Å². The zero-order chi connectivity index (χ0) is 18.7. The Bertz CT molecular complexity index is 833. The van der Waals surface area contributed by atoms with E-state index in [-0.39, 0.29) is 11.8 Å². The maximum atomic E-state index is 12.6. The van der Waals surface area contributed by atoms with E-state index in [1.807, 2.05) is 37.2 Å². The molecule has 136 valence electrons. The summed E-state index contributed by atoms with van der Waals surface area (Å²) in [7, 11) is 5.43. The Morgan fingerprint density at radius 2 is 2.00 bits per heavy atom. The second kappa shape index (κ2) is 7.47. The fourth-order valence-corrected chi connectivity index (χ4v) is 3.01. The van der Waals surface area contributed by atoms with Crippen LogP contribution in [0.5, 0.6) is 5.75 Å². The Hall–Kier alpha value is -3.02. The van der Waals surface area contributed by atoms with Gasteiger partial charge in [0.05, 0.1) is 12.8 Å². The molecule has 0 aliphatic carbocycles. The van der Waals surface area contributed by atoms with E-state index in [1.165, 1.54) is 0 Å². The van der Waals surface area contributed by atoms with Crippen LogP contribution in [0, 0.1) is 0 Å². The van der Waals surface area contributed by atoms with E-state index in [2.05, 4.69) is 5.32 Å². The van der Waals surface area contributed by atoms with Crippen molar-refractivity contribution in [2.24, 2.45) is 0 Å². The largest absolute Gasteiger partial charge is 0.495 e. The maximum Gasteiger partial charge on any atom is 0.255 e. The van der Waals surface area contributed by atoms with Crippen LogP contribution in [-0.4, -0.2) is 39.6 Å². The molecule has 1 heterocycles. The van der Waals surface area contributed by atoms with E-state index < -0.39 is 0 Å². The summed E-state index contributed by atoms with van der Waals surface area (Å²) in [6.45, 7) is 0.664. The quantitative estimate of drug-likeness (QED) is 0.897. The topological polar surface area (TPSA) is 61.9 Å². The van der Waals surface area contributed by atoms with Gasteiger partial charge in [-0.1, -0.05) is 6.07 Å². The van der Waals surface area contributed by atoms with Gasteiger partial charge in [-0.25, -0.2) is 0 Å². The lowest BCUT2D eigenvalue weighted by molar-refractivity contribution is -0.117. The van der Waals surface area contributed by atoms with Crippen molar-refractivity contribution in [1.82, 2.24) is 0 Å². The van der Waals surface area contributed by atoms with E-state index in [4.69, 9.17) is 4.74 Å². The van der Waals surface area contributed by atoms with Crippen molar-refractivity contribution in [1.29, 1.82) is 0 Å². The first-order valence-corrected chi connectivity index (χ1v) is 8.57. The fraction of sp³-hybridized carbons (Fsp3) is 0.300. The third-order valence-corrected chi connectivity index (χ3v) is 4.43. The molecule has 0 radical (unpaired) electrons. The Balaban J connectivity index is 1.84. The molecule has 26 heavy (non-hydrogen) atoms. The lowest BCUT2D eigenvalue weighted by Crippen LogP contribution is -2.24. The van der Waals surface area contributed by atoms with Crippen LogP contribution in [0.1, 0.15) is 23.2 Å². The molecule has 3 rings (SSSR count). The van der Waals surface area contributed by atoms with Gasteiger partial charge in [0.25, 0.3) is 5.91 Å². The monoisotopic (exact) mass is 353 g/mol. The van der Waals surface area contributed by atoms with Crippen LogP contribution < -0.4 is 19.9 Å². The first kappa shape index (κ1) is 17.8. The van der Waals surface area contributed by atoms with Gasteiger partial charge >= 0.3 is 0 Å². The molecular weight excluding hydrogens is 330 g/mol. The van der Waals surface area contributed by atoms with Crippen molar-refractivity contribution >= 4 is 28.9 Å². The molecule has 0 unspecified atom stereocenters. The molecular formula is C20H23N3O3. The number of carbonyl (C=O) groups excluding carboxylic acids is 2. The minimum atomic E-state index is -0.197. The molecule has 0 atom stereocenters. The third kappa shape index (κ3) is 3.64. The van der Waals surface area contributed by atoms with E-state index in [9.17, 15) is 9.59 Å². The number of hydrogen-bond acceptors (Lipinski definition) is 4. The van der Waals surface area contributed by atoms with Crippen molar-refractivity contribution in [2.45, 2.75) is 12.8 Å². The SMILES string of the molecule is COc1ccc(NC(=O)c2cccc(N(C)C)c2)cc1N1CCCC1=O. The summed E-state index contributed by atoms with van der Waals surface area (Å²) in [5, 5.41) is 2.90. The number of carbonyl (C=O) groups is 2. The van der Waals surface area contributed by atoms with Gasteiger partial charge in [0.1, 0.15) is 5.75 Å². The summed E-state index contributed by atoms with van der Waals surface area (Å²) in [6, 6.07) is 12.7. The number of methoxy groups -OCH3 is 1. The van der Waals surface area contributed by atoms with Crippen LogP contribution in [0.25, 0.3) is 0 Å². The Labute approximate surface area is 153 Å². The normalized spacial score (nSPS) is 13.7. The van der Waals surface area contributed by atoms with Crippen molar-refractivity contribution in [3.63, 3.8) is 0 Å². The molecule has 0 bridgehead atoms. The van der Waals surface area contributed by atoms with Crippen molar-refractivity contribution in [3.8, 4) is 5.75 Å². The standard InChI is InChI=1S/C20H23N3O3/c1-22(2)16-7-4-6-14(12-16)20(25)21-15-9-10-18(26-3)17(13-15)23-11-5-8-19(23)24/h4,6-7,9-10,12-13H,5,8,11H2,1-3H3,(H,21,25). The molecule has 1 aliphatic heterocycles. The smallest absolute Gasteiger partial charge is 0.255 e. The highest BCUT2D eigenvalue weighted by molar-refractivity contribution is 6.05. The molecule has 0 saturated carbocycles. The summed E-state index contributed by atoms with van der Waals surface area (Å²) in [5.41, 5.74) is 2.84. The predicted molar refractivity (Wildman–Crippen MR) is 103 cm³/mol. The number of nitrogens with one attached hydrogen (secondary N) is 1. The maximum absolute atomic E-state index is 12.6. The summed E-state index contributed by atoms with van der Waals surface area (Å²) in [4.78, 5) is 28.3. The van der Waals surface area contributed by atoms with Crippen molar-refractivity contribution in [3.05, 3.63) is 48.0 Å². The molecule has 2 amide bonds. The average molecular weight is 353 g/mol. The van der Waals surface area contributed by atoms with Gasteiger partial charge in [0.2, 0.25) is 5.91 Å². The summed E-state index contributed by atoms with van der Waals surface area (Å²) in [6.07, 6.45) is 1.37. The van der Waals surface area contributed by atoms with Gasteiger partial charge in [-0.2, -0.15) is 0 Å². The van der Waals surface area contributed by atoms with Crippen molar-refractivity contribution in [2.75, 3.05) is 42.9 Å². The van der Waals surface area contributed by atoms with Crippen LogP contribution in [-0.2, 0) is 4.79 Å². The van der Waals surface area contributed by atoms with Crippen LogP contribution in [0.15, 0.2) is 42.5 Å². The molecule has 2 aromatic carbocycles. The van der Waals surface area contributed by atoms with Gasteiger partial charge < -0.3 is 19.9 Å². The second-order valence-corrected chi connectivity index (χ2v) is 6.43. The lowest BCUT2D eigenvalue weighted by atomic mass is 10.1. The lowest BCUT2D eigenvalue weighted by Gasteiger charge is -2.20. The van der Waals surface area contributed by atoms with Gasteiger partial charge in [-0.05, 0) is 42.8 Å². The number of benzene rings is 2. The number of amides is 2. The summed E-state index contributed by atoms with van der Waals surface area (Å²) in [5.74, 6) is 0.496. The Morgan fingerprint density at radius 3 is 2.65 bits per heavy atom. The van der Waals surface area contributed by atoms with Gasteiger partial charge in [0, 0.05) is 44.0 Å². The third-order valence-electron chi connectivity index (χ3n) is 4.43. The molecule has 0 spiro atoms. The number of ether oxygens (including phenoxy) is 1. The zero-order valence-electron chi connectivity index (χ0n) is 15.3. The number of nitrogens with zero attached hydrogens (tertiary/aromatic N) is 2. The van der Waals surface area contributed by atoms with Gasteiger partial charge in [-0.3, -0.25) is 9.59 Å². The molecule has 0 aromatic heterocycles. The first-order chi connectivity index (χ1) is 12.5. The van der Waals surface area contributed by atoms with E-state index in [0.717, 1.165) is 12.1 Å². The molecule has 1 fully saturated rings. The minimum absolute atomic E-state index is 0.0745. The molecule has 2 aromatic rings. The average Bonchev–Trinajstić information content (AvgIpc) is 3.07. The highest BCUT2D eigenvalue weighted by Gasteiger charge is 2.25. The molecule has 6 heteroatoms. The Morgan fingerprint density at radius 1 is 1.19 bits per heavy atom. The highest BCUT2D eigenvalue weighted by Crippen LogP contribution is 2.34. The van der Waals surface area contributed by atoms with Gasteiger partial charge in [0.15, 0.2) is 0 Å². The summed E-state index contributed by atoms with van der Waals surface area (Å²) < 4.78 is 5.38. The molecule has 6 nitrogen and oxygen atoms in total. The number of anilines is 3.